The Morgan fingerprint density at radius 3 is 2.61 bits per heavy atom. The minimum absolute atomic E-state index is 0.0468. The van der Waals surface area contributed by atoms with Gasteiger partial charge in [0.05, 0.1) is 6.04 Å². The molecule has 18 heavy (non-hydrogen) atoms. The lowest BCUT2D eigenvalue weighted by molar-refractivity contribution is -0.129. The monoisotopic (exact) mass is 246 g/mol. The molecule has 3 heteroatoms. The van der Waals surface area contributed by atoms with E-state index in [-0.39, 0.29) is 18.1 Å². The molecule has 2 atom stereocenters. The molecule has 1 N–H and O–H groups in total. The first-order valence-electron chi connectivity index (χ1n) is 6.85. The fraction of sp³-hybridized carbons (Fsp3) is 0.533. The lowest BCUT2D eigenvalue weighted by atomic mass is 10.1. The number of nitrogens with one attached hydrogen (secondary N) is 1. The summed E-state index contributed by atoms with van der Waals surface area (Å²) in [4.78, 5) is 14.1. The Kier molecular flexibility index (Phi) is 4.37. The summed E-state index contributed by atoms with van der Waals surface area (Å²) in [5, 5.41) is 3.37. The predicted molar refractivity (Wildman–Crippen MR) is 73.0 cm³/mol. The summed E-state index contributed by atoms with van der Waals surface area (Å²) >= 11 is 0. The van der Waals surface area contributed by atoms with Gasteiger partial charge in [0.2, 0.25) is 5.91 Å². The summed E-state index contributed by atoms with van der Waals surface area (Å²) in [6, 6.07) is 10.1. The van der Waals surface area contributed by atoms with Crippen LogP contribution in [-0.2, 0) is 4.79 Å². The maximum absolute atomic E-state index is 12.1. The minimum Gasteiger partial charge on any atom is -0.322 e. The summed E-state index contributed by atoms with van der Waals surface area (Å²) < 4.78 is 0. The summed E-state index contributed by atoms with van der Waals surface area (Å²) in [5.74, 6) is 0.222. The molecule has 98 valence electrons. The second kappa shape index (κ2) is 6.01. The van der Waals surface area contributed by atoms with Gasteiger partial charge < -0.3 is 4.90 Å². The average Bonchev–Trinajstić information content (AvgIpc) is 2.68. The summed E-state index contributed by atoms with van der Waals surface area (Å²) in [7, 11) is 0. The highest BCUT2D eigenvalue weighted by atomic mass is 16.2. The molecular formula is C15H22N2O. The molecule has 2 rings (SSSR count). The van der Waals surface area contributed by atoms with Crippen molar-refractivity contribution >= 4 is 5.91 Å². The number of hydrogen-bond donors (Lipinski definition) is 1. The zero-order valence-electron chi connectivity index (χ0n) is 11.2. The SMILES string of the molecule is CCCCCN1C(=O)C(C)NC1c1ccccc1. The predicted octanol–water partition coefficient (Wildman–Crippen LogP) is 2.70. The lowest BCUT2D eigenvalue weighted by Gasteiger charge is -2.24. The van der Waals surface area contributed by atoms with Crippen molar-refractivity contribution in [3.63, 3.8) is 0 Å². The molecule has 0 saturated carbocycles. The van der Waals surface area contributed by atoms with E-state index in [4.69, 9.17) is 0 Å². The van der Waals surface area contributed by atoms with Gasteiger partial charge in [-0.1, -0.05) is 50.1 Å². The molecule has 3 nitrogen and oxygen atoms in total. The molecule has 0 aliphatic carbocycles. The highest BCUT2D eigenvalue weighted by Gasteiger charge is 2.36. The van der Waals surface area contributed by atoms with Crippen LogP contribution in [0.4, 0.5) is 0 Å². The summed E-state index contributed by atoms with van der Waals surface area (Å²) in [6.45, 7) is 4.98. The Balaban J connectivity index is 2.10. The number of rotatable bonds is 5. The number of nitrogens with zero attached hydrogens (tertiary/aromatic N) is 1. The van der Waals surface area contributed by atoms with Gasteiger partial charge in [0.25, 0.3) is 0 Å². The van der Waals surface area contributed by atoms with Crippen LogP contribution in [0.1, 0.15) is 44.8 Å². The standard InChI is InChI=1S/C15H22N2O/c1-3-4-8-11-17-14(16-12(2)15(17)18)13-9-6-5-7-10-13/h5-7,9-10,12,14,16H,3-4,8,11H2,1-2H3. The lowest BCUT2D eigenvalue weighted by Crippen LogP contribution is -2.31. The number of unbranched alkanes of at least 4 members (excludes halogenated alkanes) is 2. The highest BCUT2D eigenvalue weighted by molar-refractivity contribution is 5.84. The van der Waals surface area contributed by atoms with Crippen molar-refractivity contribution in [2.75, 3.05) is 6.54 Å². The molecule has 1 saturated heterocycles. The third-order valence-electron chi connectivity index (χ3n) is 3.49. The molecule has 0 aromatic heterocycles. The fourth-order valence-corrected chi connectivity index (χ4v) is 2.46. The summed E-state index contributed by atoms with van der Waals surface area (Å²) in [6.07, 6.45) is 3.49. The quantitative estimate of drug-likeness (QED) is 0.810. The van der Waals surface area contributed by atoms with Gasteiger partial charge in [0.1, 0.15) is 6.17 Å². The van der Waals surface area contributed by atoms with E-state index in [0.29, 0.717) is 0 Å². The first kappa shape index (κ1) is 13.1. The van der Waals surface area contributed by atoms with Crippen LogP contribution in [0.2, 0.25) is 0 Å². The van der Waals surface area contributed by atoms with Crippen molar-refractivity contribution in [1.29, 1.82) is 0 Å². The average molecular weight is 246 g/mol. The number of hydrogen-bond acceptors (Lipinski definition) is 2. The van der Waals surface area contributed by atoms with Crippen LogP contribution in [0.15, 0.2) is 30.3 Å². The van der Waals surface area contributed by atoms with Gasteiger partial charge in [0.15, 0.2) is 0 Å². The maximum Gasteiger partial charge on any atom is 0.241 e. The number of carbonyl (C=O) groups is 1. The molecule has 1 aliphatic rings. The van der Waals surface area contributed by atoms with Gasteiger partial charge in [-0.15, -0.1) is 0 Å². The highest BCUT2D eigenvalue weighted by Crippen LogP contribution is 2.25. The smallest absolute Gasteiger partial charge is 0.241 e. The van der Waals surface area contributed by atoms with Gasteiger partial charge in [-0.3, -0.25) is 10.1 Å². The molecule has 1 amide bonds. The van der Waals surface area contributed by atoms with E-state index in [1.54, 1.807) is 0 Å². The van der Waals surface area contributed by atoms with Crippen LogP contribution < -0.4 is 5.32 Å². The van der Waals surface area contributed by atoms with E-state index >= 15 is 0 Å². The maximum atomic E-state index is 12.1. The fourth-order valence-electron chi connectivity index (χ4n) is 2.46. The van der Waals surface area contributed by atoms with Gasteiger partial charge in [-0.05, 0) is 18.9 Å². The molecule has 0 bridgehead atoms. The molecule has 0 radical (unpaired) electrons. The number of carbonyl (C=O) groups excluding carboxylic acids is 1. The molecule has 1 heterocycles. The molecule has 0 spiro atoms. The van der Waals surface area contributed by atoms with Gasteiger partial charge in [-0.25, -0.2) is 0 Å². The summed E-state index contributed by atoms with van der Waals surface area (Å²) in [5.41, 5.74) is 1.17. The van der Waals surface area contributed by atoms with Crippen LogP contribution >= 0.6 is 0 Å². The van der Waals surface area contributed by atoms with Crippen LogP contribution in [0, 0.1) is 0 Å². The molecule has 1 aromatic rings. The van der Waals surface area contributed by atoms with Crippen molar-refractivity contribution in [1.82, 2.24) is 10.2 Å². The third-order valence-corrected chi connectivity index (χ3v) is 3.49. The molecule has 1 aliphatic heterocycles. The van der Waals surface area contributed by atoms with Crippen molar-refractivity contribution in [3.8, 4) is 0 Å². The number of amides is 1. The van der Waals surface area contributed by atoms with E-state index in [1.165, 1.54) is 18.4 Å². The van der Waals surface area contributed by atoms with E-state index in [1.807, 2.05) is 30.0 Å². The molecule has 1 fully saturated rings. The van der Waals surface area contributed by atoms with Crippen LogP contribution in [-0.4, -0.2) is 23.4 Å². The van der Waals surface area contributed by atoms with Crippen molar-refractivity contribution in [3.05, 3.63) is 35.9 Å². The van der Waals surface area contributed by atoms with E-state index in [2.05, 4.69) is 24.4 Å². The first-order valence-corrected chi connectivity index (χ1v) is 6.85. The van der Waals surface area contributed by atoms with Crippen molar-refractivity contribution < 1.29 is 4.79 Å². The Hall–Kier alpha value is -1.35. The topological polar surface area (TPSA) is 32.3 Å². The Labute approximate surface area is 109 Å². The zero-order chi connectivity index (χ0) is 13.0. The first-order chi connectivity index (χ1) is 8.74. The Bertz CT molecular complexity index is 391. The number of benzene rings is 1. The van der Waals surface area contributed by atoms with E-state index in [0.717, 1.165) is 13.0 Å². The third kappa shape index (κ3) is 2.72. The molecular weight excluding hydrogens is 224 g/mol. The van der Waals surface area contributed by atoms with Gasteiger partial charge >= 0.3 is 0 Å². The van der Waals surface area contributed by atoms with E-state index in [9.17, 15) is 4.79 Å². The second-order valence-corrected chi connectivity index (χ2v) is 4.94. The van der Waals surface area contributed by atoms with Crippen molar-refractivity contribution in [2.24, 2.45) is 0 Å². The van der Waals surface area contributed by atoms with Gasteiger partial charge in [-0.2, -0.15) is 0 Å². The van der Waals surface area contributed by atoms with E-state index < -0.39 is 0 Å². The molecule has 2 unspecified atom stereocenters. The Morgan fingerprint density at radius 1 is 1.22 bits per heavy atom. The van der Waals surface area contributed by atoms with Gasteiger partial charge in [0, 0.05) is 6.54 Å². The second-order valence-electron chi connectivity index (χ2n) is 4.94. The van der Waals surface area contributed by atoms with Crippen molar-refractivity contribution in [2.45, 2.75) is 45.3 Å². The normalized spacial score (nSPS) is 23.7. The Morgan fingerprint density at radius 2 is 1.94 bits per heavy atom. The largest absolute Gasteiger partial charge is 0.322 e. The molecule has 1 aromatic carbocycles. The van der Waals surface area contributed by atoms with Crippen LogP contribution in [0.3, 0.4) is 0 Å². The minimum atomic E-state index is -0.0724. The zero-order valence-corrected chi connectivity index (χ0v) is 11.2. The van der Waals surface area contributed by atoms with Crippen LogP contribution in [0.5, 0.6) is 0 Å². The van der Waals surface area contributed by atoms with Crippen LogP contribution in [0.25, 0.3) is 0 Å².